The summed E-state index contributed by atoms with van der Waals surface area (Å²) in [7, 11) is 3.33. The molecular formula is C22H22N4O3. The summed E-state index contributed by atoms with van der Waals surface area (Å²) in [6.45, 7) is 1.78. The van der Waals surface area contributed by atoms with Crippen LogP contribution in [0.2, 0.25) is 0 Å². The fourth-order valence-electron chi connectivity index (χ4n) is 3.91. The lowest BCUT2D eigenvalue weighted by Crippen LogP contribution is -2.26. The van der Waals surface area contributed by atoms with Crippen molar-refractivity contribution in [3.05, 3.63) is 48.8 Å². The van der Waals surface area contributed by atoms with E-state index in [9.17, 15) is 0 Å². The average molecular weight is 390 g/mol. The Morgan fingerprint density at radius 1 is 1.07 bits per heavy atom. The number of nitrogens with one attached hydrogen (secondary N) is 1. The first-order chi connectivity index (χ1) is 14.2. The van der Waals surface area contributed by atoms with Crippen LogP contribution in [0.5, 0.6) is 11.5 Å². The average Bonchev–Trinajstić information content (AvgIpc) is 3.38. The Hall–Kier alpha value is -3.48. The highest BCUT2D eigenvalue weighted by molar-refractivity contribution is 6.05. The Balaban J connectivity index is 1.39. The summed E-state index contributed by atoms with van der Waals surface area (Å²) in [5.74, 6) is 2.31. The van der Waals surface area contributed by atoms with Gasteiger partial charge in [-0.05, 0) is 18.6 Å². The van der Waals surface area contributed by atoms with Crippen LogP contribution in [0, 0.1) is 0 Å². The lowest BCUT2D eigenvalue weighted by atomic mass is 10.2. The molecule has 1 unspecified atom stereocenters. The van der Waals surface area contributed by atoms with Crippen molar-refractivity contribution in [1.82, 2.24) is 9.97 Å². The number of furan rings is 1. The minimum Gasteiger partial charge on any atom is -0.497 e. The number of para-hydroxylation sites is 1. The van der Waals surface area contributed by atoms with Crippen LogP contribution in [0.1, 0.15) is 6.42 Å². The number of hydrogen-bond acceptors (Lipinski definition) is 7. The standard InChI is InChI=1S/C22H22N4O3/c1-27-16-9-15(10-17(11-16)28-2)26-8-7-14(12-26)25-22-21-20(23-13-24-22)18-5-3-4-6-19(18)29-21/h3-6,9-11,13-14H,7-8,12H2,1-2H3,(H,23,24,25). The van der Waals surface area contributed by atoms with Crippen LogP contribution in [0.15, 0.2) is 53.2 Å². The molecule has 0 saturated carbocycles. The molecule has 1 aliphatic heterocycles. The van der Waals surface area contributed by atoms with Gasteiger partial charge in [-0.2, -0.15) is 0 Å². The molecule has 0 amide bonds. The van der Waals surface area contributed by atoms with Crippen molar-refractivity contribution in [2.75, 3.05) is 37.5 Å². The molecule has 0 radical (unpaired) electrons. The van der Waals surface area contributed by atoms with Crippen LogP contribution in [0.25, 0.3) is 22.1 Å². The number of nitrogens with zero attached hydrogens (tertiary/aromatic N) is 3. The van der Waals surface area contributed by atoms with Gasteiger partial charge in [0.15, 0.2) is 11.4 Å². The molecule has 7 heteroatoms. The fourth-order valence-corrected chi connectivity index (χ4v) is 3.91. The van der Waals surface area contributed by atoms with Gasteiger partial charge >= 0.3 is 0 Å². The van der Waals surface area contributed by atoms with Crippen molar-refractivity contribution < 1.29 is 13.9 Å². The van der Waals surface area contributed by atoms with E-state index in [-0.39, 0.29) is 6.04 Å². The van der Waals surface area contributed by atoms with Gasteiger partial charge in [-0.15, -0.1) is 0 Å². The SMILES string of the molecule is COc1cc(OC)cc(N2CCC(Nc3ncnc4c3oc3ccccc34)C2)c1. The largest absolute Gasteiger partial charge is 0.497 e. The summed E-state index contributed by atoms with van der Waals surface area (Å²) < 4.78 is 16.8. The van der Waals surface area contributed by atoms with Gasteiger partial charge in [0.2, 0.25) is 0 Å². The zero-order chi connectivity index (χ0) is 19.8. The van der Waals surface area contributed by atoms with Crippen molar-refractivity contribution in [3.63, 3.8) is 0 Å². The first-order valence-corrected chi connectivity index (χ1v) is 9.62. The maximum Gasteiger partial charge on any atom is 0.196 e. The Morgan fingerprint density at radius 3 is 2.66 bits per heavy atom. The molecule has 1 saturated heterocycles. The molecule has 1 atom stereocenters. The summed E-state index contributed by atoms with van der Waals surface area (Å²) in [6.07, 6.45) is 2.58. The molecule has 29 heavy (non-hydrogen) atoms. The van der Waals surface area contributed by atoms with Crippen LogP contribution < -0.4 is 19.7 Å². The minimum absolute atomic E-state index is 0.249. The molecule has 7 nitrogen and oxygen atoms in total. The van der Waals surface area contributed by atoms with Gasteiger partial charge in [-0.25, -0.2) is 9.97 Å². The lowest BCUT2D eigenvalue weighted by molar-refractivity contribution is 0.394. The maximum atomic E-state index is 6.03. The smallest absolute Gasteiger partial charge is 0.196 e. The van der Waals surface area contributed by atoms with Gasteiger partial charge < -0.3 is 24.1 Å². The van der Waals surface area contributed by atoms with Gasteiger partial charge in [0.1, 0.15) is 28.9 Å². The van der Waals surface area contributed by atoms with Gasteiger partial charge in [0, 0.05) is 48.4 Å². The maximum absolute atomic E-state index is 6.03. The number of anilines is 2. The van der Waals surface area contributed by atoms with Crippen LogP contribution in [-0.2, 0) is 0 Å². The quantitative estimate of drug-likeness (QED) is 0.550. The second-order valence-corrected chi connectivity index (χ2v) is 7.15. The first-order valence-electron chi connectivity index (χ1n) is 9.62. The molecule has 2 aromatic heterocycles. The molecule has 1 N–H and O–H groups in total. The monoisotopic (exact) mass is 390 g/mol. The number of aromatic nitrogens is 2. The van der Waals surface area contributed by atoms with Crippen LogP contribution in [0.3, 0.4) is 0 Å². The van der Waals surface area contributed by atoms with Gasteiger partial charge in [0.05, 0.1) is 14.2 Å². The molecule has 5 rings (SSSR count). The number of hydrogen-bond donors (Lipinski definition) is 1. The summed E-state index contributed by atoms with van der Waals surface area (Å²) in [4.78, 5) is 11.2. The van der Waals surface area contributed by atoms with Crippen molar-refractivity contribution in [2.24, 2.45) is 0 Å². The third-order valence-electron chi connectivity index (χ3n) is 5.39. The second-order valence-electron chi connectivity index (χ2n) is 7.15. The highest BCUT2D eigenvalue weighted by Crippen LogP contribution is 2.33. The lowest BCUT2D eigenvalue weighted by Gasteiger charge is -2.20. The number of ether oxygens (including phenoxy) is 2. The van der Waals surface area contributed by atoms with Gasteiger partial charge in [-0.1, -0.05) is 12.1 Å². The molecule has 2 aromatic carbocycles. The third-order valence-corrected chi connectivity index (χ3v) is 5.39. The Labute approximate surface area is 168 Å². The van der Waals surface area contributed by atoms with Crippen molar-refractivity contribution in [3.8, 4) is 11.5 Å². The molecule has 148 valence electrons. The molecule has 4 aromatic rings. The van der Waals surface area contributed by atoms with E-state index >= 15 is 0 Å². The van der Waals surface area contributed by atoms with E-state index in [1.54, 1.807) is 20.5 Å². The number of rotatable bonds is 5. The van der Waals surface area contributed by atoms with E-state index in [1.807, 2.05) is 42.5 Å². The van der Waals surface area contributed by atoms with Crippen LogP contribution in [-0.4, -0.2) is 43.3 Å². The molecular weight excluding hydrogens is 368 g/mol. The molecule has 3 heterocycles. The van der Waals surface area contributed by atoms with E-state index in [0.717, 1.165) is 59.0 Å². The van der Waals surface area contributed by atoms with E-state index < -0.39 is 0 Å². The van der Waals surface area contributed by atoms with E-state index in [0.29, 0.717) is 5.58 Å². The number of methoxy groups -OCH3 is 2. The topological polar surface area (TPSA) is 72.7 Å². The molecule has 1 fully saturated rings. The van der Waals surface area contributed by atoms with Crippen molar-refractivity contribution in [2.45, 2.75) is 12.5 Å². The predicted molar refractivity (Wildman–Crippen MR) is 113 cm³/mol. The van der Waals surface area contributed by atoms with Crippen LogP contribution >= 0.6 is 0 Å². The van der Waals surface area contributed by atoms with E-state index in [4.69, 9.17) is 13.9 Å². The molecule has 1 aliphatic rings. The van der Waals surface area contributed by atoms with Crippen molar-refractivity contribution >= 4 is 33.6 Å². The summed E-state index contributed by atoms with van der Waals surface area (Å²) in [5.41, 5.74) is 3.45. The highest BCUT2D eigenvalue weighted by atomic mass is 16.5. The number of benzene rings is 2. The van der Waals surface area contributed by atoms with Crippen LogP contribution in [0.4, 0.5) is 11.5 Å². The van der Waals surface area contributed by atoms with Gasteiger partial charge in [-0.3, -0.25) is 0 Å². The van der Waals surface area contributed by atoms with E-state index in [2.05, 4.69) is 20.2 Å². The number of fused-ring (bicyclic) bond motifs is 3. The molecule has 0 aliphatic carbocycles. The summed E-state index contributed by atoms with van der Waals surface area (Å²) in [6, 6.07) is 14.1. The second kappa shape index (κ2) is 7.16. The highest BCUT2D eigenvalue weighted by Gasteiger charge is 2.25. The first kappa shape index (κ1) is 17.6. The Bertz CT molecular complexity index is 1150. The van der Waals surface area contributed by atoms with E-state index in [1.165, 1.54) is 0 Å². The molecule has 0 spiro atoms. The Morgan fingerprint density at radius 2 is 1.86 bits per heavy atom. The minimum atomic E-state index is 0.249. The summed E-state index contributed by atoms with van der Waals surface area (Å²) in [5, 5.41) is 4.56. The fraction of sp³-hybridized carbons (Fsp3) is 0.273. The summed E-state index contributed by atoms with van der Waals surface area (Å²) >= 11 is 0. The van der Waals surface area contributed by atoms with Gasteiger partial charge in [0.25, 0.3) is 0 Å². The zero-order valence-corrected chi connectivity index (χ0v) is 16.4. The predicted octanol–water partition coefficient (Wildman–Crippen LogP) is 4.08. The Kier molecular flexibility index (Phi) is 4.35. The molecule has 0 bridgehead atoms. The zero-order valence-electron chi connectivity index (χ0n) is 16.4. The third kappa shape index (κ3) is 3.18. The normalized spacial score (nSPS) is 16.5. The van der Waals surface area contributed by atoms with Crippen molar-refractivity contribution in [1.29, 1.82) is 0 Å².